The molecule has 2 aromatic rings. The van der Waals surface area contributed by atoms with Crippen molar-refractivity contribution in [2.45, 2.75) is 6.92 Å². The van der Waals surface area contributed by atoms with E-state index in [0.717, 1.165) is 30.0 Å². The Labute approximate surface area is 152 Å². The number of rotatable bonds is 2. The predicted molar refractivity (Wildman–Crippen MR) is 100 cm³/mol. The summed E-state index contributed by atoms with van der Waals surface area (Å²) in [6, 6.07) is 15.1. The van der Waals surface area contributed by atoms with Crippen LogP contribution in [-0.2, 0) is 0 Å². The quantitative estimate of drug-likeness (QED) is 0.890. The number of halogens is 1. The highest BCUT2D eigenvalue weighted by Crippen LogP contribution is 2.24. The minimum atomic E-state index is -0.115. The van der Waals surface area contributed by atoms with E-state index in [1.54, 1.807) is 17.0 Å². The molecule has 1 saturated heterocycles. The highest BCUT2D eigenvalue weighted by atomic mass is 35.5. The number of hydrogen-bond donors (Lipinski definition) is 1. The summed E-state index contributed by atoms with van der Waals surface area (Å²) in [5.74, 6) is 0. The van der Waals surface area contributed by atoms with Gasteiger partial charge >= 0.3 is 6.03 Å². The lowest BCUT2D eigenvalue weighted by Crippen LogP contribution is -2.50. The molecule has 3 rings (SSSR count). The van der Waals surface area contributed by atoms with E-state index in [-0.39, 0.29) is 6.03 Å². The van der Waals surface area contributed by atoms with Crippen molar-refractivity contribution >= 4 is 29.0 Å². The normalized spacial score (nSPS) is 14.1. The monoisotopic (exact) mass is 354 g/mol. The lowest BCUT2D eigenvalue weighted by atomic mass is 10.2. The van der Waals surface area contributed by atoms with Crippen LogP contribution in [0, 0.1) is 18.3 Å². The van der Waals surface area contributed by atoms with E-state index in [9.17, 15) is 4.79 Å². The fraction of sp³-hybridized carbons (Fsp3) is 0.263. The minimum Gasteiger partial charge on any atom is -0.368 e. The molecular formula is C19H19ClN4O. The van der Waals surface area contributed by atoms with Crippen molar-refractivity contribution in [2.24, 2.45) is 0 Å². The number of carbonyl (C=O) groups is 1. The van der Waals surface area contributed by atoms with Gasteiger partial charge in [0.05, 0.1) is 11.6 Å². The molecule has 5 nitrogen and oxygen atoms in total. The highest BCUT2D eigenvalue weighted by molar-refractivity contribution is 6.31. The van der Waals surface area contributed by atoms with Gasteiger partial charge in [-0.15, -0.1) is 0 Å². The molecule has 1 aliphatic heterocycles. The van der Waals surface area contributed by atoms with Crippen molar-refractivity contribution in [1.29, 1.82) is 5.26 Å². The number of anilines is 2. The van der Waals surface area contributed by atoms with Crippen molar-refractivity contribution in [3.8, 4) is 6.07 Å². The molecule has 25 heavy (non-hydrogen) atoms. The first-order valence-corrected chi connectivity index (χ1v) is 8.52. The van der Waals surface area contributed by atoms with Crippen molar-refractivity contribution < 1.29 is 4.79 Å². The summed E-state index contributed by atoms with van der Waals surface area (Å²) in [4.78, 5) is 16.5. The Balaban J connectivity index is 1.61. The average molecular weight is 355 g/mol. The second-order valence-corrected chi connectivity index (χ2v) is 6.39. The molecule has 0 aromatic heterocycles. The molecule has 0 unspecified atom stereocenters. The number of hydrogen-bond acceptors (Lipinski definition) is 3. The third-order valence-electron chi connectivity index (χ3n) is 4.42. The van der Waals surface area contributed by atoms with Gasteiger partial charge in [0.15, 0.2) is 0 Å². The van der Waals surface area contributed by atoms with E-state index in [4.69, 9.17) is 16.9 Å². The van der Waals surface area contributed by atoms with E-state index in [0.29, 0.717) is 23.7 Å². The van der Waals surface area contributed by atoms with Gasteiger partial charge in [-0.2, -0.15) is 5.26 Å². The van der Waals surface area contributed by atoms with Gasteiger partial charge < -0.3 is 15.1 Å². The molecule has 2 amide bonds. The van der Waals surface area contributed by atoms with Crippen LogP contribution in [0.5, 0.6) is 0 Å². The van der Waals surface area contributed by atoms with E-state index in [1.807, 2.05) is 37.3 Å². The van der Waals surface area contributed by atoms with Crippen molar-refractivity contribution in [3.05, 3.63) is 58.6 Å². The maximum absolute atomic E-state index is 12.5. The molecule has 0 bridgehead atoms. The largest absolute Gasteiger partial charge is 0.368 e. The zero-order chi connectivity index (χ0) is 17.8. The van der Waals surface area contributed by atoms with Gasteiger partial charge in [-0.25, -0.2) is 4.79 Å². The maximum Gasteiger partial charge on any atom is 0.321 e. The van der Waals surface area contributed by atoms with Crippen LogP contribution in [0.4, 0.5) is 16.2 Å². The summed E-state index contributed by atoms with van der Waals surface area (Å²) in [6.45, 7) is 4.61. The predicted octanol–water partition coefficient (Wildman–Crippen LogP) is 3.87. The van der Waals surface area contributed by atoms with Crippen LogP contribution >= 0.6 is 11.6 Å². The molecule has 0 saturated carbocycles. The summed E-state index contributed by atoms with van der Waals surface area (Å²) < 4.78 is 0. The van der Waals surface area contributed by atoms with Crippen LogP contribution < -0.4 is 10.2 Å². The summed E-state index contributed by atoms with van der Waals surface area (Å²) in [5.41, 5.74) is 3.27. The Hall–Kier alpha value is -2.71. The molecule has 1 aliphatic rings. The van der Waals surface area contributed by atoms with Crippen LogP contribution in [-0.4, -0.2) is 37.1 Å². The number of urea groups is 1. The molecule has 1 fully saturated rings. The van der Waals surface area contributed by atoms with E-state index in [2.05, 4.69) is 16.3 Å². The smallest absolute Gasteiger partial charge is 0.321 e. The lowest BCUT2D eigenvalue weighted by Gasteiger charge is -2.36. The van der Waals surface area contributed by atoms with Gasteiger partial charge in [0, 0.05) is 42.6 Å². The fourth-order valence-electron chi connectivity index (χ4n) is 2.88. The zero-order valence-corrected chi connectivity index (χ0v) is 14.8. The van der Waals surface area contributed by atoms with E-state index in [1.165, 1.54) is 0 Å². The molecule has 1 heterocycles. The van der Waals surface area contributed by atoms with Gasteiger partial charge in [-0.05, 0) is 42.8 Å². The van der Waals surface area contributed by atoms with Gasteiger partial charge in [-0.3, -0.25) is 0 Å². The molecule has 128 valence electrons. The first kappa shape index (κ1) is 17.1. The number of nitrogens with zero attached hydrogens (tertiary/aromatic N) is 3. The molecule has 0 atom stereocenters. The Kier molecular flexibility index (Phi) is 5.11. The first-order valence-electron chi connectivity index (χ1n) is 8.14. The van der Waals surface area contributed by atoms with Gasteiger partial charge in [0.2, 0.25) is 0 Å². The summed E-state index contributed by atoms with van der Waals surface area (Å²) in [6.07, 6.45) is 0. The third-order valence-corrected chi connectivity index (χ3v) is 4.83. The Bertz CT molecular complexity index is 822. The Morgan fingerprint density at radius 3 is 2.60 bits per heavy atom. The minimum absolute atomic E-state index is 0.115. The first-order chi connectivity index (χ1) is 12.1. The molecule has 0 spiro atoms. The van der Waals surface area contributed by atoms with Crippen LogP contribution in [0.15, 0.2) is 42.5 Å². The van der Waals surface area contributed by atoms with Crippen molar-refractivity contribution in [2.75, 3.05) is 36.4 Å². The fourth-order valence-corrected chi connectivity index (χ4v) is 3.05. The number of carbonyl (C=O) groups excluding carboxylic acids is 1. The van der Waals surface area contributed by atoms with Crippen LogP contribution in [0.1, 0.15) is 11.1 Å². The molecule has 6 heteroatoms. The summed E-state index contributed by atoms with van der Waals surface area (Å²) in [7, 11) is 0. The standard InChI is InChI=1S/C19H19ClN4O/c1-14-17(20)6-3-7-18(14)22-19(25)24-10-8-23(9-11-24)16-5-2-4-15(12-16)13-21/h2-7,12H,8-11H2,1H3,(H,22,25). The topological polar surface area (TPSA) is 59.4 Å². The number of benzene rings is 2. The maximum atomic E-state index is 12.5. The van der Waals surface area contributed by atoms with Crippen LogP contribution in [0.3, 0.4) is 0 Å². The van der Waals surface area contributed by atoms with Crippen molar-refractivity contribution in [1.82, 2.24) is 4.90 Å². The number of piperazine rings is 1. The van der Waals surface area contributed by atoms with Gasteiger partial charge in [0.1, 0.15) is 0 Å². The third kappa shape index (κ3) is 3.86. The Morgan fingerprint density at radius 2 is 1.88 bits per heavy atom. The van der Waals surface area contributed by atoms with Gasteiger partial charge in [-0.1, -0.05) is 23.7 Å². The van der Waals surface area contributed by atoms with Gasteiger partial charge in [0.25, 0.3) is 0 Å². The number of nitriles is 1. The summed E-state index contributed by atoms with van der Waals surface area (Å²) >= 11 is 6.10. The molecular weight excluding hydrogens is 336 g/mol. The van der Waals surface area contributed by atoms with Crippen molar-refractivity contribution in [3.63, 3.8) is 0 Å². The number of nitrogens with one attached hydrogen (secondary N) is 1. The molecule has 0 radical (unpaired) electrons. The highest BCUT2D eigenvalue weighted by Gasteiger charge is 2.22. The SMILES string of the molecule is Cc1c(Cl)cccc1NC(=O)N1CCN(c2cccc(C#N)c2)CC1. The Morgan fingerprint density at radius 1 is 1.16 bits per heavy atom. The number of amides is 2. The second-order valence-electron chi connectivity index (χ2n) is 5.98. The average Bonchev–Trinajstić information content (AvgIpc) is 2.65. The van der Waals surface area contributed by atoms with E-state index >= 15 is 0 Å². The second kappa shape index (κ2) is 7.45. The van der Waals surface area contributed by atoms with Crippen LogP contribution in [0.25, 0.3) is 0 Å². The molecule has 2 aromatic carbocycles. The molecule has 0 aliphatic carbocycles. The lowest BCUT2D eigenvalue weighted by molar-refractivity contribution is 0.208. The van der Waals surface area contributed by atoms with E-state index < -0.39 is 0 Å². The van der Waals surface area contributed by atoms with Crippen LogP contribution in [0.2, 0.25) is 5.02 Å². The zero-order valence-electron chi connectivity index (χ0n) is 14.0. The summed E-state index contributed by atoms with van der Waals surface area (Å²) in [5, 5.41) is 12.6. The molecule has 1 N–H and O–H groups in total.